The van der Waals surface area contributed by atoms with Gasteiger partial charge in [0.05, 0.1) is 23.5 Å². The molecule has 4 rings (SSSR count). The monoisotopic (exact) mass is 361 g/mol. The minimum atomic E-state index is -0.596. The number of aryl methyl sites for hydroxylation is 2. The molecular formula is C18H17Cl2N3O. The van der Waals surface area contributed by atoms with Crippen molar-refractivity contribution in [3.63, 3.8) is 0 Å². The van der Waals surface area contributed by atoms with Gasteiger partial charge in [0.15, 0.2) is 5.65 Å². The Labute approximate surface area is 150 Å². The first-order valence-electron chi connectivity index (χ1n) is 7.84. The Bertz CT molecular complexity index is 931. The molecule has 1 aliphatic rings. The van der Waals surface area contributed by atoms with E-state index in [-0.39, 0.29) is 6.04 Å². The molecule has 2 N–H and O–H groups in total. The summed E-state index contributed by atoms with van der Waals surface area (Å²) in [7, 11) is 0. The Hall–Kier alpha value is -1.75. The van der Waals surface area contributed by atoms with Gasteiger partial charge in [-0.05, 0) is 32.0 Å². The Morgan fingerprint density at radius 1 is 1.21 bits per heavy atom. The topological polar surface area (TPSA) is 49.6 Å². The molecular weight excluding hydrogens is 345 g/mol. The maximum absolute atomic E-state index is 10.6. The van der Waals surface area contributed by atoms with Crippen LogP contribution in [0.4, 0.5) is 5.69 Å². The van der Waals surface area contributed by atoms with E-state index in [9.17, 15) is 5.11 Å². The molecule has 0 saturated carbocycles. The summed E-state index contributed by atoms with van der Waals surface area (Å²) in [6, 6.07) is 7.23. The molecule has 0 radical (unpaired) electrons. The Morgan fingerprint density at radius 3 is 2.62 bits per heavy atom. The minimum absolute atomic E-state index is 0.169. The summed E-state index contributed by atoms with van der Waals surface area (Å²) in [5.41, 5.74) is 5.38. The lowest BCUT2D eigenvalue weighted by Crippen LogP contribution is -2.23. The Morgan fingerprint density at radius 2 is 1.92 bits per heavy atom. The van der Waals surface area contributed by atoms with Crippen molar-refractivity contribution in [2.45, 2.75) is 32.4 Å². The van der Waals surface area contributed by atoms with Gasteiger partial charge in [0.25, 0.3) is 0 Å². The van der Waals surface area contributed by atoms with Crippen molar-refractivity contribution in [1.29, 1.82) is 0 Å². The number of aliphatic hydroxyl groups excluding tert-OH is 1. The second-order valence-electron chi connectivity index (χ2n) is 6.21. The minimum Gasteiger partial charge on any atom is -0.388 e. The first-order chi connectivity index (χ1) is 11.5. The van der Waals surface area contributed by atoms with Crippen LogP contribution < -0.4 is 5.32 Å². The van der Waals surface area contributed by atoms with Crippen LogP contribution in [-0.4, -0.2) is 14.5 Å². The largest absolute Gasteiger partial charge is 0.388 e. The maximum Gasteiger partial charge on any atom is 0.161 e. The van der Waals surface area contributed by atoms with E-state index >= 15 is 0 Å². The standard InChI is InChI=1S/C18H17Cl2N3O/c1-9-10(2)23-7-6-11-15(24)8-14(22-17(11)18(23)21-9)16-12(19)4-3-5-13(16)20/h3-7,14-15,22,24H,8H2,1-2H3. The highest BCUT2D eigenvalue weighted by atomic mass is 35.5. The number of anilines is 1. The van der Waals surface area contributed by atoms with Crippen molar-refractivity contribution in [3.05, 3.63) is 63.0 Å². The van der Waals surface area contributed by atoms with E-state index in [0.717, 1.165) is 33.8 Å². The van der Waals surface area contributed by atoms with Crippen LogP contribution in [0.5, 0.6) is 0 Å². The van der Waals surface area contributed by atoms with Gasteiger partial charge in [-0.3, -0.25) is 0 Å². The van der Waals surface area contributed by atoms with Crippen molar-refractivity contribution in [1.82, 2.24) is 9.38 Å². The number of halogens is 2. The lowest BCUT2D eigenvalue weighted by Gasteiger charge is -2.32. The molecule has 3 heterocycles. The first-order valence-corrected chi connectivity index (χ1v) is 8.59. The highest BCUT2D eigenvalue weighted by Gasteiger charge is 2.30. The molecule has 24 heavy (non-hydrogen) atoms. The molecule has 0 bridgehead atoms. The number of nitrogens with one attached hydrogen (secondary N) is 1. The predicted octanol–water partition coefficient (Wildman–Crippen LogP) is 4.85. The first kappa shape index (κ1) is 15.8. The molecule has 2 aromatic heterocycles. The van der Waals surface area contributed by atoms with Gasteiger partial charge in [0, 0.05) is 39.5 Å². The molecule has 6 heteroatoms. The van der Waals surface area contributed by atoms with Crippen LogP contribution in [0.25, 0.3) is 5.65 Å². The third-order valence-corrected chi connectivity index (χ3v) is 5.45. The number of imidazole rings is 1. The molecule has 1 aliphatic heterocycles. The zero-order valence-corrected chi connectivity index (χ0v) is 14.9. The van der Waals surface area contributed by atoms with E-state index < -0.39 is 6.10 Å². The number of fused-ring (bicyclic) bond motifs is 3. The molecule has 0 amide bonds. The highest BCUT2D eigenvalue weighted by molar-refractivity contribution is 6.36. The van der Waals surface area contributed by atoms with Gasteiger partial charge in [-0.15, -0.1) is 0 Å². The summed E-state index contributed by atoms with van der Waals surface area (Å²) in [5.74, 6) is 0. The van der Waals surface area contributed by atoms with Gasteiger partial charge in [-0.2, -0.15) is 0 Å². The maximum atomic E-state index is 10.6. The molecule has 0 spiro atoms. The molecule has 2 atom stereocenters. The van der Waals surface area contributed by atoms with Crippen LogP contribution in [0.15, 0.2) is 30.5 Å². The average Bonchev–Trinajstić information content (AvgIpc) is 2.83. The van der Waals surface area contributed by atoms with Crippen molar-refractivity contribution >= 4 is 34.5 Å². The number of hydrogen-bond donors (Lipinski definition) is 2. The van der Waals surface area contributed by atoms with E-state index in [2.05, 4.69) is 10.3 Å². The molecule has 3 aromatic rings. The van der Waals surface area contributed by atoms with E-state index in [4.69, 9.17) is 23.2 Å². The molecule has 2 unspecified atom stereocenters. The molecule has 0 fully saturated rings. The number of rotatable bonds is 1. The van der Waals surface area contributed by atoms with Gasteiger partial charge in [0.2, 0.25) is 0 Å². The summed E-state index contributed by atoms with van der Waals surface area (Å²) in [5, 5.41) is 15.3. The van der Waals surface area contributed by atoms with Crippen LogP contribution in [0.1, 0.15) is 41.1 Å². The zero-order chi connectivity index (χ0) is 17.0. The molecule has 0 saturated heterocycles. The number of benzene rings is 1. The smallest absolute Gasteiger partial charge is 0.161 e. The van der Waals surface area contributed by atoms with Crippen molar-refractivity contribution in [2.75, 3.05) is 5.32 Å². The fourth-order valence-electron chi connectivity index (χ4n) is 3.40. The van der Waals surface area contributed by atoms with Crippen molar-refractivity contribution in [3.8, 4) is 0 Å². The molecule has 1 aromatic carbocycles. The van der Waals surface area contributed by atoms with Crippen LogP contribution in [0.3, 0.4) is 0 Å². The molecule has 0 aliphatic carbocycles. The summed E-state index contributed by atoms with van der Waals surface area (Å²) in [4.78, 5) is 4.66. The van der Waals surface area contributed by atoms with Gasteiger partial charge < -0.3 is 14.8 Å². The predicted molar refractivity (Wildman–Crippen MR) is 97.1 cm³/mol. The number of pyridine rings is 1. The van der Waals surface area contributed by atoms with E-state index in [1.807, 2.05) is 48.7 Å². The second kappa shape index (κ2) is 5.66. The number of aliphatic hydroxyl groups is 1. The average molecular weight is 362 g/mol. The zero-order valence-electron chi connectivity index (χ0n) is 13.3. The number of aromatic nitrogens is 2. The third kappa shape index (κ3) is 2.29. The quantitative estimate of drug-likeness (QED) is 0.651. The fraction of sp³-hybridized carbons (Fsp3) is 0.278. The van der Waals surface area contributed by atoms with Crippen LogP contribution in [0.2, 0.25) is 10.0 Å². The Kier molecular flexibility index (Phi) is 3.71. The van der Waals surface area contributed by atoms with Crippen LogP contribution in [0, 0.1) is 13.8 Å². The highest BCUT2D eigenvalue weighted by Crippen LogP contribution is 2.44. The lowest BCUT2D eigenvalue weighted by molar-refractivity contribution is 0.156. The van der Waals surface area contributed by atoms with E-state index in [1.165, 1.54) is 0 Å². The van der Waals surface area contributed by atoms with E-state index in [0.29, 0.717) is 16.5 Å². The second-order valence-corrected chi connectivity index (χ2v) is 7.02. The summed E-state index contributed by atoms with van der Waals surface area (Å²) in [6.07, 6.45) is 1.86. The van der Waals surface area contributed by atoms with Crippen molar-refractivity contribution in [2.24, 2.45) is 0 Å². The van der Waals surface area contributed by atoms with Gasteiger partial charge >= 0.3 is 0 Å². The molecule has 124 valence electrons. The van der Waals surface area contributed by atoms with Gasteiger partial charge in [-0.1, -0.05) is 29.3 Å². The summed E-state index contributed by atoms with van der Waals surface area (Å²) >= 11 is 12.7. The van der Waals surface area contributed by atoms with Gasteiger partial charge in [-0.25, -0.2) is 4.98 Å². The van der Waals surface area contributed by atoms with Crippen LogP contribution in [-0.2, 0) is 0 Å². The lowest BCUT2D eigenvalue weighted by atomic mass is 9.91. The normalized spacial score (nSPS) is 20.0. The summed E-state index contributed by atoms with van der Waals surface area (Å²) in [6.45, 7) is 4.01. The summed E-state index contributed by atoms with van der Waals surface area (Å²) < 4.78 is 2.03. The Balaban J connectivity index is 1.88. The SMILES string of the molecule is Cc1nc2c3c(ccn2c1C)C(O)CC(c1c(Cl)cccc1Cl)N3. The van der Waals surface area contributed by atoms with E-state index in [1.54, 1.807) is 0 Å². The number of nitrogens with zero attached hydrogens (tertiary/aromatic N) is 2. The number of hydrogen-bond acceptors (Lipinski definition) is 3. The van der Waals surface area contributed by atoms with Crippen molar-refractivity contribution < 1.29 is 5.11 Å². The third-order valence-electron chi connectivity index (χ3n) is 4.79. The fourth-order valence-corrected chi connectivity index (χ4v) is 4.06. The van der Waals surface area contributed by atoms with Gasteiger partial charge in [0.1, 0.15) is 0 Å². The van der Waals surface area contributed by atoms with Crippen LogP contribution >= 0.6 is 23.2 Å². The molecule has 4 nitrogen and oxygen atoms in total.